The van der Waals surface area contributed by atoms with Gasteiger partial charge in [0.1, 0.15) is 5.76 Å². The number of hydrogen-bond donors (Lipinski definition) is 0. The third kappa shape index (κ3) is 2.18. The Morgan fingerprint density at radius 3 is 2.56 bits per heavy atom. The van der Waals surface area contributed by atoms with Crippen LogP contribution in [0.15, 0.2) is 11.8 Å². The first-order valence-corrected chi connectivity index (χ1v) is 6.40. The van der Waals surface area contributed by atoms with Gasteiger partial charge in [-0.25, -0.2) is 0 Å². The van der Waals surface area contributed by atoms with Crippen LogP contribution in [0.4, 0.5) is 13.2 Å². The van der Waals surface area contributed by atoms with Gasteiger partial charge in [-0.2, -0.15) is 21.6 Å². The van der Waals surface area contributed by atoms with Crippen molar-refractivity contribution in [3.8, 4) is 0 Å². The normalized spacial score (nSPS) is 30.1. The molecule has 2 bridgehead atoms. The monoisotopic (exact) mass is 256 g/mol. The summed E-state index contributed by atoms with van der Waals surface area (Å²) >= 11 is 0. The number of allylic oxidation sites excluding steroid dienone is 2. The predicted molar refractivity (Wildman–Crippen MR) is 49.6 cm³/mol. The summed E-state index contributed by atoms with van der Waals surface area (Å²) < 4.78 is 61.8. The van der Waals surface area contributed by atoms with Gasteiger partial charge >= 0.3 is 15.6 Å². The molecule has 0 radical (unpaired) electrons. The number of halogens is 3. The molecule has 16 heavy (non-hydrogen) atoms. The van der Waals surface area contributed by atoms with Crippen LogP contribution in [0.2, 0.25) is 0 Å². The van der Waals surface area contributed by atoms with Crippen LogP contribution in [-0.2, 0) is 14.3 Å². The van der Waals surface area contributed by atoms with Crippen molar-refractivity contribution in [3.63, 3.8) is 0 Å². The minimum Gasteiger partial charge on any atom is -0.381 e. The Bertz CT molecular complexity index is 410. The lowest BCUT2D eigenvalue weighted by molar-refractivity contribution is -0.0525. The Labute approximate surface area is 91.4 Å². The molecular formula is C9H11F3O3S. The van der Waals surface area contributed by atoms with Gasteiger partial charge < -0.3 is 4.18 Å². The molecule has 92 valence electrons. The van der Waals surface area contributed by atoms with Gasteiger partial charge in [-0.05, 0) is 37.2 Å². The Morgan fingerprint density at radius 1 is 1.31 bits per heavy atom. The quantitative estimate of drug-likeness (QED) is 0.563. The van der Waals surface area contributed by atoms with Crippen molar-refractivity contribution in [2.75, 3.05) is 0 Å². The summed E-state index contributed by atoms with van der Waals surface area (Å²) in [6.07, 6.45) is 4.58. The fraction of sp³-hybridized carbons (Fsp3) is 0.778. The van der Waals surface area contributed by atoms with E-state index in [1.807, 2.05) is 0 Å². The van der Waals surface area contributed by atoms with Crippen LogP contribution in [0.1, 0.15) is 25.7 Å². The SMILES string of the molecule is O=S(=O)(OC1=CC2CCC(C1)C2)C(F)(F)F. The molecule has 2 aliphatic carbocycles. The summed E-state index contributed by atoms with van der Waals surface area (Å²) in [5.41, 5.74) is -5.34. The first-order chi connectivity index (χ1) is 7.28. The Balaban J connectivity index is 2.12. The third-order valence-electron chi connectivity index (χ3n) is 2.99. The molecule has 2 unspecified atom stereocenters. The topological polar surface area (TPSA) is 43.4 Å². The van der Waals surface area contributed by atoms with Crippen molar-refractivity contribution in [1.82, 2.24) is 0 Å². The lowest BCUT2D eigenvalue weighted by atomic mass is 9.94. The van der Waals surface area contributed by atoms with E-state index in [2.05, 4.69) is 4.18 Å². The first kappa shape index (κ1) is 11.8. The van der Waals surface area contributed by atoms with E-state index >= 15 is 0 Å². The zero-order valence-corrected chi connectivity index (χ0v) is 9.14. The van der Waals surface area contributed by atoms with Crippen molar-refractivity contribution >= 4 is 10.1 Å². The van der Waals surface area contributed by atoms with E-state index < -0.39 is 15.6 Å². The van der Waals surface area contributed by atoms with Crippen LogP contribution in [0.25, 0.3) is 0 Å². The predicted octanol–water partition coefficient (Wildman–Crippen LogP) is 2.56. The van der Waals surface area contributed by atoms with Crippen LogP contribution in [0.3, 0.4) is 0 Å². The van der Waals surface area contributed by atoms with Crippen molar-refractivity contribution in [3.05, 3.63) is 11.8 Å². The van der Waals surface area contributed by atoms with Crippen LogP contribution in [0.5, 0.6) is 0 Å². The number of fused-ring (bicyclic) bond motifs is 2. The summed E-state index contributed by atoms with van der Waals surface area (Å²) in [5.74, 6) is 0.404. The summed E-state index contributed by atoms with van der Waals surface area (Å²) in [5, 5.41) is 0. The summed E-state index contributed by atoms with van der Waals surface area (Å²) in [6, 6.07) is 0. The fourth-order valence-corrected chi connectivity index (χ4v) is 2.82. The van der Waals surface area contributed by atoms with Crippen molar-refractivity contribution in [2.24, 2.45) is 11.8 Å². The molecule has 2 atom stereocenters. The maximum Gasteiger partial charge on any atom is 0.534 e. The summed E-state index contributed by atoms with van der Waals surface area (Å²) in [7, 11) is -5.48. The molecule has 0 spiro atoms. The van der Waals surface area contributed by atoms with E-state index in [0.29, 0.717) is 6.42 Å². The van der Waals surface area contributed by atoms with Gasteiger partial charge in [-0.3, -0.25) is 0 Å². The van der Waals surface area contributed by atoms with Gasteiger partial charge in [0.15, 0.2) is 0 Å². The Hall–Kier alpha value is -0.720. The van der Waals surface area contributed by atoms with Crippen molar-refractivity contribution in [2.45, 2.75) is 31.2 Å². The molecule has 0 N–H and O–H groups in total. The van der Waals surface area contributed by atoms with Crippen molar-refractivity contribution < 1.29 is 25.8 Å². The molecular weight excluding hydrogens is 245 g/mol. The zero-order valence-electron chi connectivity index (χ0n) is 8.33. The smallest absolute Gasteiger partial charge is 0.381 e. The van der Waals surface area contributed by atoms with Gasteiger partial charge in [0.2, 0.25) is 0 Å². The molecule has 0 amide bonds. The van der Waals surface area contributed by atoms with E-state index in [1.54, 1.807) is 0 Å². The van der Waals surface area contributed by atoms with E-state index in [0.717, 1.165) is 19.3 Å². The number of alkyl halides is 3. The summed E-state index contributed by atoms with van der Waals surface area (Å²) in [4.78, 5) is 0. The highest BCUT2D eigenvalue weighted by Gasteiger charge is 2.49. The van der Waals surface area contributed by atoms with E-state index in [1.165, 1.54) is 6.08 Å². The second kappa shape index (κ2) is 3.65. The second-order valence-corrected chi connectivity index (χ2v) is 5.80. The van der Waals surface area contributed by atoms with Crippen LogP contribution in [-0.4, -0.2) is 13.9 Å². The molecule has 0 heterocycles. The number of hydrogen-bond acceptors (Lipinski definition) is 3. The van der Waals surface area contributed by atoms with Crippen LogP contribution >= 0.6 is 0 Å². The molecule has 0 aliphatic heterocycles. The molecule has 0 saturated heterocycles. The minimum absolute atomic E-state index is 0.0453. The molecule has 2 aliphatic rings. The molecule has 3 nitrogen and oxygen atoms in total. The average Bonchev–Trinajstić information content (AvgIpc) is 2.43. The average molecular weight is 256 g/mol. The van der Waals surface area contributed by atoms with E-state index in [9.17, 15) is 21.6 Å². The molecule has 7 heteroatoms. The molecule has 1 fully saturated rings. The Morgan fingerprint density at radius 2 is 2.00 bits per heavy atom. The molecule has 2 rings (SSSR count). The maximum absolute atomic E-state index is 12.1. The lowest BCUT2D eigenvalue weighted by Crippen LogP contribution is -2.26. The maximum atomic E-state index is 12.1. The second-order valence-electron chi connectivity index (χ2n) is 4.26. The molecule has 0 aromatic carbocycles. The van der Waals surface area contributed by atoms with E-state index in [-0.39, 0.29) is 17.6 Å². The molecule has 0 aromatic heterocycles. The highest BCUT2D eigenvalue weighted by molar-refractivity contribution is 7.87. The highest BCUT2D eigenvalue weighted by atomic mass is 32.2. The van der Waals surface area contributed by atoms with E-state index in [4.69, 9.17) is 0 Å². The molecule has 0 aromatic rings. The zero-order chi connectivity index (χ0) is 12.0. The van der Waals surface area contributed by atoms with Gasteiger partial charge in [-0.1, -0.05) is 0 Å². The van der Waals surface area contributed by atoms with Crippen LogP contribution in [0, 0.1) is 11.8 Å². The van der Waals surface area contributed by atoms with Gasteiger partial charge in [0.25, 0.3) is 0 Å². The Kier molecular flexibility index (Phi) is 2.68. The standard InChI is InChI=1S/C9H11F3O3S/c10-9(11,12)16(13,14)15-8-4-6-1-2-7(3-6)5-8/h4,6-7H,1-3,5H2. The molecule has 1 saturated carbocycles. The first-order valence-electron chi connectivity index (χ1n) is 4.99. The number of rotatable bonds is 2. The third-order valence-corrected chi connectivity index (χ3v) is 3.99. The van der Waals surface area contributed by atoms with Crippen molar-refractivity contribution in [1.29, 1.82) is 0 Å². The summed E-state index contributed by atoms with van der Waals surface area (Å²) in [6.45, 7) is 0. The van der Waals surface area contributed by atoms with Gasteiger partial charge in [-0.15, -0.1) is 0 Å². The highest BCUT2D eigenvalue weighted by Crippen LogP contribution is 2.42. The lowest BCUT2D eigenvalue weighted by Gasteiger charge is -2.19. The largest absolute Gasteiger partial charge is 0.534 e. The van der Waals surface area contributed by atoms with Crippen LogP contribution < -0.4 is 0 Å². The minimum atomic E-state index is -5.48. The fourth-order valence-electron chi connectivity index (χ4n) is 2.32. The van der Waals surface area contributed by atoms with Gasteiger partial charge in [0, 0.05) is 6.42 Å². The van der Waals surface area contributed by atoms with Gasteiger partial charge in [0.05, 0.1) is 0 Å².